The number of fused-ring (bicyclic) bond motifs is 2. The minimum atomic E-state index is -0.512. The Kier molecular flexibility index (Phi) is 5.86. The lowest BCUT2D eigenvalue weighted by Gasteiger charge is -2.45. The van der Waals surface area contributed by atoms with E-state index in [-0.39, 0.29) is 12.0 Å². The number of imidazole rings is 1. The number of hydrogen-bond donors (Lipinski definition) is 1. The number of aryl methyl sites for hydroxylation is 1. The van der Waals surface area contributed by atoms with Crippen molar-refractivity contribution in [1.82, 2.24) is 19.8 Å². The monoisotopic (exact) mass is 428 g/mol. The first-order valence-electron chi connectivity index (χ1n) is 11.5. The van der Waals surface area contributed by atoms with Crippen LogP contribution in [0.3, 0.4) is 0 Å². The number of hydrogen-bond acceptors (Lipinski definition) is 6. The summed E-state index contributed by atoms with van der Waals surface area (Å²) in [5.41, 5.74) is -0.512. The summed E-state index contributed by atoms with van der Waals surface area (Å²) in [5, 5.41) is 3.04. The third kappa shape index (κ3) is 4.29. The summed E-state index contributed by atoms with van der Waals surface area (Å²) in [6, 6.07) is 4.13. The number of piperidine rings is 1. The van der Waals surface area contributed by atoms with Crippen LogP contribution in [0.5, 0.6) is 0 Å². The maximum Gasteiger partial charge on any atom is 0.251 e. The van der Waals surface area contributed by atoms with E-state index in [0.29, 0.717) is 13.1 Å². The molecule has 2 fully saturated rings. The molecule has 2 unspecified atom stereocenters. The first kappa shape index (κ1) is 20.7. The van der Waals surface area contributed by atoms with E-state index in [4.69, 9.17) is 13.9 Å². The first-order valence-corrected chi connectivity index (χ1v) is 11.5. The maximum absolute atomic E-state index is 12.9. The molecule has 3 aliphatic rings. The third-order valence-corrected chi connectivity index (χ3v) is 6.78. The highest BCUT2D eigenvalue weighted by Gasteiger charge is 2.47. The highest BCUT2D eigenvalue weighted by atomic mass is 16.5. The van der Waals surface area contributed by atoms with Gasteiger partial charge in [0.05, 0.1) is 19.2 Å². The van der Waals surface area contributed by atoms with E-state index >= 15 is 0 Å². The lowest BCUT2D eigenvalue weighted by Crippen LogP contribution is -2.54. The van der Waals surface area contributed by atoms with Crippen LogP contribution >= 0.6 is 0 Å². The molecule has 31 heavy (non-hydrogen) atoms. The molecule has 0 saturated carbocycles. The molecule has 0 bridgehead atoms. The van der Waals surface area contributed by atoms with Crippen molar-refractivity contribution in [2.75, 3.05) is 26.2 Å². The summed E-state index contributed by atoms with van der Waals surface area (Å²) in [5.74, 6) is 2.92. The summed E-state index contributed by atoms with van der Waals surface area (Å²) < 4.78 is 20.1. The van der Waals surface area contributed by atoms with Gasteiger partial charge in [0.15, 0.2) is 6.10 Å². The summed E-state index contributed by atoms with van der Waals surface area (Å²) in [7, 11) is 0. The van der Waals surface area contributed by atoms with Crippen molar-refractivity contribution < 1.29 is 18.7 Å². The van der Waals surface area contributed by atoms with Gasteiger partial charge in [-0.2, -0.15) is 0 Å². The van der Waals surface area contributed by atoms with Crippen molar-refractivity contribution in [1.29, 1.82) is 0 Å². The number of rotatable bonds is 6. The fraction of sp³-hybridized carbons (Fsp3) is 0.652. The quantitative estimate of drug-likeness (QED) is 0.760. The van der Waals surface area contributed by atoms with Gasteiger partial charge in [-0.05, 0) is 37.8 Å². The number of carbonyl (C=O) groups excluding carboxylic acids is 1. The van der Waals surface area contributed by atoms with Gasteiger partial charge in [-0.25, -0.2) is 4.98 Å². The van der Waals surface area contributed by atoms with Gasteiger partial charge in [-0.3, -0.25) is 9.69 Å². The minimum absolute atomic E-state index is 0.0562. The Morgan fingerprint density at radius 2 is 2.13 bits per heavy atom. The van der Waals surface area contributed by atoms with E-state index in [2.05, 4.69) is 38.8 Å². The number of furan rings is 1. The lowest BCUT2D eigenvalue weighted by molar-refractivity contribution is -0.174. The molecule has 0 radical (unpaired) electrons. The summed E-state index contributed by atoms with van der Waals surface area (Å²) >= 11 is 0. The lowest BCUT2D eigenvalue weighted by atomic mass is 9.88. The van der Waals surface area contributed by atoms with E-state index in [1.165, 1.54) is 0 Å². The number of nitrogens with one attached hydrogen (secondary N) is 1. The SMILES string of the molecule is CCc1ccc(CN2CCC3(CC2)OC(C(=O)NCC2CCCO2)Cn2ccnc23)o1. The molecule has 2 aromatic rings. The number of ether oxygens (including phenoxy) is 2. The number of carbonyl (C=O) groups is 1. The van der Waals surface area contributed by atoms with E-state index in [1.54, 1.807) is 0 Å². The summed E-state index contributed by atoms with van der Waals surface area (Å²) in [4.78, 5) is 19.9. The van der Waals surface area contributed by atoms with Crippen LogP contribution in [0, 0.1) is 0 Å². The van der Waals surface area contributed by atoms with E-state index in [9.17, 15) is 4.79 Å². The summed E-state index contributed by atoms with van der Waals surface area (Å²) in [6.07, 6.45) is 7.99. The standard InChI is InChI=1S/C23H32N4O4/c1-2-17-5-6-19(30-17)15-26-10-7-23(8-11-26)22-24-9-12-27(22)16-20(31-23)21(28)25-14-18-4-3-13-29-18/h5-6,9,12,18,20H,2-4,7-8,10-11,13-16H2,1H3,(H,25,28). The molecule has 1 amide bonds. The number of amides is 1. The zero-order valence-electron chi connectivity index (χ0n) is 18.2. The van der Waals surface area contributed by atoms with Gasteiger partial charge in [0.25, 0.3) is 5.91 Å². The molecule has 5 heterocycles. The average Bonchev–Trinajstić information content (AvgIpc) is 3.55. The fourth-order valence-electron chi connectivity index (χ4n) is 5.00. The van der Waals surface area contributed by atoms with E-state index < -0.39 is 11.7 Å². The molecule has 5 rings (SSSR count). The van der Waals surface area contributed by atoms with Gasteiger partial charge in [0, 0.05) is 45.1 Å². The summed E-state index contributed by atoms with van der Waals surface area (Å²) in [6.45, 7) is 6.50. The van der Waals surface area contributed by atoms with Crippen molar-refractivity contribution in [3.05, 3.63) is 41.9 Å². The molecule has 1 N–H and O–H groups in total. The highest BCUT2D eigenvalue weighted by Crippen LogP contribution is 2.40. The number of aromatic nitrogens is 2. The average molecular weight is 429 g/mol. The molecule has 2 aromatic heterocycles. The molecule has 2 saturated heterocycles. The normalized spacial score (nSPS) is 25.6. The topological polar surface area (TPSA) is 81.8 Å². The maximum atomic E-state index is 12.9. The van der Waals surface area contributed by atoms with E-state index in [0.717, 1.165) is 75.7 Å². The van der Waals surface area contributed by atoms with Crippen LogP contribution in [0.4, 0.5) is 0 Å². The van der Waals surface area contributed by atoms with Crippen molar-refractivity contribution >= 4 is 5.91 Å². The van der Waals surface area contributed by atoms with Gasteiger partial charge >= 0.3 is 0 Å². The van der Waals surface area contributed by atoms with Gasteiger partial charge < -0.3 is 23.8 Å². The molecular formula is C23H32N4O4. The minimum Gasteiger partial charge on any atom is -0.465 e. The van der Waals surface area contributed by atoms with Crippen LogP contribution in [-0.2, 0) is 39.4 Å². The second-order valence-electron chi connectivity index (χ2n) is 8.88. The highest BCUT2D eigenvalue weighted by molar-refractivity contribution is 5.81. The third-order valence-electron chi connectivity index (χ3n) is 6.78. The largest absolute Gasteiger partial charge is 0.465 e. The fourth-order valence-corrected chi connectivity index (χ4v) is 5.00. The van der Waals surface area contributed by atoms with Crippen molar-refractivity contribution in [2.45, 2.75) is 69.9 Å². The second kappa shape index (κ2) is 8.76. The number of nitrogens with zero attached hydrogens (tertiary/aromatic N) is 3. The molecule has 8 nitrogen and oxygen atoms in total. The van der Waals surface area contributed by atoms with E-state index in [1.807, 2.05) is 12.4 Å². The van der Waals surface area contributed by atoms with Crippen LogP contribution in [0.25, 0.3) is 0 Å². The van der Waals surface area contributed by atoms with Crippen LogP contribution in [0.15, 0.2) is 28.9 Å². The first-order chi connectivity index (χ1) is 15.1. The van der Waals surface area contributed by atoms with Gasteiger partial charge in [0.2, 0.25) is 0 Å². The Morgan fingerprint density at radius 1 is 1.29 bits per heavy atom. The molecule has 0 aliphatic carbocycles. The smallest absolute Gasteiger partial charge is 0.251 e. The zero-order valence-corrected chi connectivity index (χ0v) is 18.2. The van der Waals surface area contributed by atoms with Crippen LogP contribution in [0.2, 0.25) is 0 Å². The van der Waals surface area contributed by atoms with Crippen molar-refractivity contribution in [3.63, 3.8) is 0 Å². The number of likely N-dealkylation sites (tertiary alicyclic amines) is 1. The molecular weight excluding hydrogens is 396 g/mol. The van der Waals surface area contributed by atoms with Gasteiger partial charge in [-0.15, -0.1) is 0 Å². The molecule has 168 valence electrons. The molecule has 2 atom stereocenters. The van der Waals surface area contributed by atoms with Crippen molar-refractivity contribution in [3.8, 4) is 0 Å². The zero-order chi connectivity index (χ0) is 21.3. The molecule has 8 heteroatoms. The van der Waals surface area contributed by atoms with Crippen LogP contribution in [-0.4, -0.2) is 58.8 Å². The molecule has 1 spiro atoms. The Hall–Kier alpha value is -2.16. The molecule has 0 aromatic carbocycles. The van der Waals surface area contributed by atoms with Crippen molar-refractivity contribution in [2.24, 2.45) is 0 Å². The second-order valence-corrected chi connectivity index (χ2v) is 8.88. The van der Waals surface area contributed by atoms with Gasteiger partial charge in [-0.1, -0.05) is 6.92 Å². The van der Waals surface area contributed by atoms with Crippen LogP contribution in [0.1, 0.15) is 50.0 Å². The Labute approximate surface area is 182 Å². The van der Waals surface area contributed by atoms with Crippen LogP contribution < -0.4 is 5.32 Å². The Morgan fingerprint density at radius 3 is 2.87 bits per heavy atom. The Balaban J connectivity index is 1.23. The molecule has 3 aliphatic heterocycles. The predicted molar refractivity (Wildman–Crippen MR) is 113 cm³/mol. The predicted octanol–water partition coefficient (Wildman–Crippen LogP) is 2.22. The van der Waals surface area contributed by atoms with Gasteiger partial charge in [0.1, 0.15) is 22.9 Å². The Bertz CT molecular complexity index is 893.